The van der Waals surface area contributed by atoms with Crippen LogP contribution in [0.15, 0.2) is 40.8 Å². The molecule has 3 rings (SSSR count). The Morgan fingerprint density at radius 2 is 1.82 bits per heavy atom. The van der Waals surface area contributed by atoms with Gasteiger partial charge < -0.3 is 14.8 Å². The maximum Gasteiger partial charge on any atom is 0.135 e. The molecule has 2 aromatic carbocycles. The topological polar surface area (TPSA) is 45.4 Å². The number of benzene rings is 2. The van der Waals surface area contributed by atoms with E-state index in [0.717, 1.165) is 39.7 Å². The van der Waals surface area contributed by atoms with E-state index in [1.165, 1.54) is 12.8 Å². The van der Waals surface area contributed by atoms with E-state index in [-0.39, 0.29) is 12.5 Å². The van der Waals surface area contributed by atoms with Crippen molar-refractivity contribution in [3.63, 3.8) is 0 Å². The van der Waals surface area contributed by atoms with E-state index in [2.05, 4.69) is 30.4 Å². The molecule has 0 saturated heterocycles. The SMILES string of the molecule is CCCCNc1ccc2oc3ccc(C(C)CO)cc3c2c1. The van der Waals surface area contributed by atoms with Crippen LogP contribution >= 0.6 is 0 Å². The van der Waals surface area contributed by atoms with Gasteiger partial charge in [0.05, 0.1) is 0 Å². The summed E-state index contributed by atoms with van der Waals surface area (Å²) in [5.41, 5.74) is 4.07. The minimum atomic E-state index is 0.139. The maximum atomic E-state index is 9.36. The summed E-state index contributed by atoms with van der Waals surface area (Å²) in [6, 6.07) is 12.4. The number of hydrogen-bond donors (Lipinski definition) is 2. The van der Waals surface area contributed by atoms with Crippen molar-refractivity contribution in [1.82, 2.24) is 0 Å². The zero-order valence-electron chi connectivity index (χ0n) is 13.2. The van der Waals surface area contributed by atoms with Crippen molar-refractivity contribution in [2.24, 2.45) is 0 Å². The van der Waals surface area contributed by atoms with Crippen molar-refractivity contribution in [2.45, 2.75) is 32.6 Å². The molecule has 0 saturated carbocycles. The van der Waals surface area contributed by atoms with Crippen molar-refractivity contribution in [2.75, 3.05) is 18.5 Å². The fourth-order valence-corrected chi connectivity index (χ4v) is 2.73. The second-order valence-corrected chi connectivity index (χ2v) is 5.93. The molecule has 0 fully saturated rings. The molecule has 116 valence electrons. The summed E-state index contributed by atoms with van der Waals surface area (Å²) in [6.07, 6.45) is 2.36. The summed E-state index contributed by atoms with van der Waals surface area (Å²) >= 11 is 0. The highest BCUT2D eigenvalue weighted by Gasteiger charge is 2.11. The Balaban J connectivity index is 2.02. The molecule has 0 amide bonds. The Morgan fingerprint density at radius 3 is 2.55 bits per heavy atom. The lowest BCUT2D eigenvalue weighted by atomic mass is 10.00. The fourth-order valence-electron chi connectivity index (χ4n) is 2.73. The van der Waals surface area contributed by atoms with Gasteiger partial charge in [0, 0.05) is 35.5 Å². The standard InChI is InChI=1S/C19H23NO2/c1-3-4-9-20-15-6-8-19-17(11-15)16-10-14(13(2)12-21)5-7-18(16)22-19/h5-8,10-11,13,20-21H,3-4,9,12H2,1-2H3. The average molecular weight is 297 g/mol. The first-order valence-electron chi connectivity index (χ1n) is 8.04. The Hall–Kier alpha value is -2.00. The summed E-state index contributed by atoms with van der Waals surface area (Å²) in [7, 11) is 0. The van der Waals surface area contributed by atoms with Gasteiger partial charge in [0.15, 0.2) is 0 Å². The summed E-state index contributed by atoms with van der Waals surface area (Å²) < 4.78 is 5.91. The van der Waals surface area contributed by atoms with Crippen LogP contribution in [0.2, 0.25) is 0 Å². The van der Waals surface area contributed by atoms with Crippen LogP contribution in [0.5, 0.6) is 0 Å². The largest absolute Gasteiger partial charge is 0.456 e. The van der Waals surface area contributed by atoms with E-state index in [1.54, 1.807) is 0 Å². The third-order valence-electron chi connectivity index (χ3n) is 4.20. The number of anilines is 1. The van der Waals surface area contributed by atoms with Gasteiger partial charge in [0.1, 0.15) is 11.2 Å². The maximum absolute atomic E-state index is 9.36. The van der Waals surface area contributed by atoms with Gasteiger partial charge in [0.2, 0.25) is 0 Å². The molecule has 1 heterocycles. The molecule has 1 atom stereocenters. The van der Waals surface area contributed by atoms with Crippen LogP contribution < -0.4 is 5.32 Å². The third kappa shape index (κ3) is 2.81. The van der Waals surface area contributed by atoms with Gasteiger partial charge in [-0.2, -0.15) is 0 Å². The first-order valence-corrected chi connectivity index (χ1v) is 8.04. The van der Waals surface area contributed by atoms with Crippen LogP contribution in [0.4, 0.5) is 5.69 Å². The second kappa shape index (κ2) is 6.41. The Bertz CT molecular complexity index is 776. The van der Waals surface area contributed by atoms with Crippen molar-refractivity contribution >= 4 is 27.6 Å². The van der Waals surface area contributed by atoms with E-state index < -0.39 is 0 Å². The molecule has 0 aliphatic rings. The van der Waals surface area contributed by atoms with Gasteiger partial charge in [0.25, 0.3) is 0 Å². The highest BCUT2D eigenvalue weighted by atomic mass is 16.3. The van der Waals surface area contributed by atoms with Gasteiger partial charge in [-0.25, -0.2) is 0 Å². The van der Waals surface area contributed by atoms with Crippen molar-refractivity contribution in [3.8, 4) is 0 Å². The van der Waals surface area contributed by atoms with Crippen LogP contribution in [0, 0.1) is 0 Å². The monoisotopic (exact) mass is 297 g/mol. The van der Waals surface area contributed by atoms with Gasteiger partial charge in [-0.05, 0) is 42.3 Å². The number of aliphatic hydroxyl groups is 1. The number of nitrogens with one attached hydrogen (secondary N) is 1. The molecule has 2 N–H and O–H groups in total. The highest BCUT2D eigenvalue weighted by Crippen LogP contribution is 2.32. The van der Waals surface area contributed by atoms with Crippen LogP contribution in [0.25, 0.3) is 21.9 Å². The van der Waals surface area contributed by atoms with E-state index in [4.69, 9.17) is 4.42 Å². The number of fused-ring (bicyclic) bond motifs is 3. The Kier molecular flexibility index (Phi) is 4.34. The van der Waals surface area contributed by atoms with Gasteiger partial charge in [-0.3, -0.25) is 0 Å². The first-order chi connectivity index (χ1) is 10.7. The van der Waals surface area contributed by atoms with E-state index in [0.29, 0.717) is 0 Å². The predicted octanol–water partition coefficient (Wildman–Crippen LogP) is 4.89. The minimum absolute atomic E-state index is 0.139. The number of unbranched alkanes of at least 4 members (excludes halogenated alkanes) is 1. The van der Waals surface area contributed by atoms with E-state index >= 15 is 0 Å². The molecule has 3 aromatic rings. The molecule has 1 unspecified atom stereocenters. The average Bonchev–Trinajstić information content (AvgIpc) is 2.91. The van der Waals surface area contributed by atoms with E-state index in [9.17, 15) is 5.11 Å². The molecule has 0 aliphatic heterocycles. The van der Waals surface area contributed by atoms with Crippen molar-refractivity contribution < 1.29 is 9.52 Å². The summed E-state index contributed by atoms with van der Waals surface area (Å²) in [6.45, 7) is 5.37. The van der Waals surface area contributed by atoms with Crippen LogP contribution in [-0.2, 0) is 0 Å². The van der Waals surface area contributed by atoms with Gasteiger partial charge in [-0.1, -0.05) is 26.3 Å². The lowest BCUT2D eigenvalue weighted by molar-refractivity contribution is 0.273. The summed E-state index contributed by atoms with van der Waals surface area (Å²) in [5, 5.41) is 15.1. The quantitative estimate of drug-likeness (QED) is 0.636. The molecule has 22 heavy (non-hydrogen) atoms. The number of furan rings is 1. The minimum Gasteiger partial charge on any atom is -0.456 e. The smallest absolute Gasteiger partial charge is 0.135 e. The Morgan fingerprint density at radius 1 is 1.09 bits per heavy atom. The zero-order chi connectivity index (χ0) is 15.5. The van der Waals surface area contributed by atoms with E-state index in [1.807, 2.05) is 25.1 Å². The van der Waals surface area contributed by atoms with Gasteiger partial charge >= 0.3 is 0 Å². The lowest BCUT2D eigenvalue weighted by Gasteiger charge is -2.07. The molecule has 0 radical (unpaired) electrons. The zero-order valence-corrected chi connectivity index (χ0v) is 13.2. The van der Waals surface area contributed by atoms with Crippen LogP contribution in [0.1, 0.15) is 38.2 Å². The number of aliphatic hydroxyl groups excluding tert-OH is 1. The normalized spacial score (nSPS) is 12.9. The van der Waals surface area contributed by atoms with Crippen molar-refractivity contribution in [1.29, 1.82) is 0 Å². The molecule has 3 nitrogen and oxygen atoms in total. The predicted molar refractivity (Wildman–Crippen MR) is 92.6 cm³/mol. The Labute approximate surface area is 130 Å². The van der Waals surface area contributed by atoms with Gasteiger partial charge in [-0.15, -0.1) is 0 Å². The first kappa shape index (κ1) is 14.9. The molecule has 0 aliphatic carbocycles. The molecular weight excluding hydrogens is 274 g/mol. The number of hydrogen-bond acceptors (Lipinski definition) is 3. The fraction of sp³-hybridized carbons (Fsp3) is 0.368. The third-order valence-corrected chi connectivity index (χ3v) is 4.20. The summed E-state index contributed by atoms with van der Waals surface area (Å²) in [4.78, 5) is 0. The van der Waals surface area contributed by atoms with Crippen LogP contribution in [-0.4, -0.2) is 18.3 Å². The highest BCUT2D eigenvalue weighted by molar-refractivity contribution is 6.06. The number of rotatable bonds is 6. The molecule has 0 bridgehead atoms. The van der Waals surface area contributed by atoms with Crippen molar-refractivity contribution in [3.05, 3.63) is 42.0 Å². The molecule has 0 spiro atoms. The summed E-state index contributed by atoms with van der Waals surface area (Å²) in [5.74, 6) is 0.139. The molecule has 3 heteroatoms. The molecule has 1 aromatic heterocycles. The lowest BCUT2D eigenvalue weighted by Crippen LogP contribution is -2.00. The molecular formula is C19H23NO2. The second-order valence-electron chi connectivity index (χ2n) is 5.93. The van der Waals surface area contributed by atoms with Crippen LogP contribution in [0.3, 0.4) is 0 Å².